The molecule has 2 aliphatic heterocycles. The number of hydrogen-bond donors (Lipinski definition) is 0. The van der Waals surface area contributed by atoms with Gasteiger partial charge in [-0.2, -0.15) is 0 Å². The zero-order valence-corrected chi connectivity index (χ0v) is 19.3. The molecule has 2 aliphatic rings. The summed E-state index contributed by atoms with van der Waals surface area (Å²) in [6.45, 7) is 5.95. The molecule has 1 aromatic rings. The monoisotopic (exact) mass is 497 g/mol. The molecular weight excluding hydrogens is 475 g/mol. The van der Waals surface area contributed by atoms with Crippen LogP contribution in [0.4, 0.5) is 0 Å². The molecule has 160 valence electrons. The standard InChI is InChI=1S/C17H23N3O4.3ClH.Co/c1-16(8-21-3)10-23-14(19-16)12-6-5-7-13(18-12)15-20-17(2,9-22-4)11-24-15;;;;/h5-7H,8-11H2,1-4H3;3*1H;/q;;;;+3/p-3. The topological polar surface area (TPSA) is 74.5 Å². The van der Waals surface area contributed by atoms with Crippen LogP contribution in [0.3, 0.4) is 0 Å². The Hall–Kier alpha value is -0.614. The Labute approximate surface area is 194 Å². The Morgan fingerprint density at radius 3 is 1.61 bits per heavy atom. The number of nitrogens with zero attached hydrogens (tertiary/aromatic N) is 3. The molecule has 0 saturated carbocycles. The van der Waals surface area contributed by atoms with Crippen molar-refractivity contribution in [2.24, 2.45) is 9.98 Å². The molecule has 0 saturated heterocycles. The van der Waals surface area contributed by atoms with E-state index in [1.165, 1.54) is 0 Å². The minimum atomic E-state index is -0.375. The molecule has 0 amide bonds. The Bertz CT molecular complexity index is 642. The van der Waals surface area contributed by atoms with Gasteiger partial charge < -0.3 is 56.2 Å². The van der Waals surface area contributed by atoms with Crippen molar-refractivity contribution in [2.75, 3.05) is 40.6 Å². The van der Waals surface area contributed by atoms with E-state index in [-0.39, 0.29) is 65.1 Å². The second kappa shape index (κ2) is 12.2. The molecule has 28 heavy (non-hydrogen) atoms. The van der Waals surface area contributed by atoms with E-state index in [0.29, 0.717) is 49.6 Å². The van der Waals surface area contributed by atoms with Gasteiger partial charge in [-0.05, 0) is 26.0 Å². The van der Waals surface area contributed by atoms with Crippen molar-refractivity contribution < 1.29 is 72.9 Å². The molecule has 0 aliphatic carbocycles. The Morgan fingerprint density at radius 2 is 1.25 bits per heavy atom. The largest absolute Gasteiger partial charge is 3.00 e. The fourth-order valence-corrected chi connectivity index (χ4v) is 2.77. The van der Waals surface area contributed by atoms with Crippen molar-refractivity contribution in [3.63, 3.8) is 0 Å². The van der Waals surface area contributed by atoms with Crippen molar-refractivity contribution in [3.05, 3.63) is 29.6 Å². The van der Waals surface area contributed by atoms with Crippen LogP contribution in [0.2, 0.25) is 0 Å². The average molecular weight is 499 g/mol. The van der Waals surface area contributed by atoms with Crippen LogP contribution in [0.25, 0.3) is 0 Å². The predicted octanol–water partition coefficient (Wildman–Crippen LogP) is -7.55. The molecule has 0 radical (unpaired) electrons. The number of halogens is 3. The fraction of sp³-hybridized carbons (Fsp3) is 0.588. The van der Waals surface area contributed by atoms with E-state index in [9.17, 15) is 0 Å². The van der Waals surface area contributed by atoms with Crippen molar-refractivity contribution in [2.45, 2.75) is 24.9 Å². The second-order valence-electron chi connectivity index (χ2n) is 6.68. The van der Waals surface area contributed by atoms with Gasteiger partial charge in [-0.25, -0.2) is 15.0 Å². The summed E-state index contributed by atoms with van der Waals surface area (Å²) >= 11 is 0. The molecule has 3 heterocycles. The van der Waals surface area contributed by atoms with Gasteiger partial charge in [-0.3, -0.25) is 0 Å². The van der Waals surface area contributed by atoms with Crippen LogP contribution in [0.5, 0.6) is 0 Å². The predicted molar refractivity (Wildman–Crippen MR) is 89.8 cm³/mol. The van der Waals surface area contributed by atoms with E-state index in [1.54, 1.807) is 14.2 Å². The molecule has 2 unspecified atom stereocenters. The Kier molecular flexibility index (Phi) is 12.9. The van der Waals surface area contributed by atoms with Crippen LogP contribution in [0, 0.1) is 0 Å². The summed E-state index contributed by atoms with van der Waals surface area (Å²) in [6, 6.07) is 5.63. The van der Waals surface area contributed by atoms with Gasteiger partial charge in [0.15, 0.2) is 0 Å². The summed E-state index contributed by atoms with van der Waals surface area (Å²) < 4.78 is 21.8. The second-order valence-corrected chi connectivity index (χ2v) is 6.68. The maximum atomic E-state index is 5.71. The molecule has 1 aromatic heterocycles. The number of rotatable bonds is 6. The molecular formula is C17H23Cl3CoN3O4. The number of hydrogen-bond acceptors (Lipinski definition) is 7. The Morgan fingerprint density at radius 1 is 0.857 bits per heavy atom. The molecule has 7 nitrogen and oxygen atoms in total. The zero-order valence-electron chi connectivity index (χ0n) is 16.0. The van der Waals surface area contributed by atoms with Crippen molar-refractivity contribution in [1.82, 2.24) is 4.98 Å². The first kappa shape index (κ1) is 29.6. The van der Waals surface area contributed by atoms with Gasteiger partial charge in [0.2, 0.25) is 11.8 Å². The van der Waals surface area contributed by atoms with E-state index in [4.69, 9.17) is 18.9 Å². The molecule has 3 rings (SSSR count). The van der Waals surface area contributed by atoms with Crippen LogP contribution in [-0.4, -0.2) is 68.5 Å². The van der Waals surface area contributed by atoms with E-state index >= 15 is 0 Å². The normalized spacial score (nSPS) is 24.9. The van der Waals surface area contributed by atoms with Crippen LogP contribution in [0.1, 0.15) is 25.2 Å². The van der Waals surface area contributed by atoms with E-state index in [0.717, 1.165) is 0 Å². The van der Waals surface area contributed by atoms with E-state index in [2.05, 4.69) is 15.0 Å². The molecule has 11 heteroatoms. The maximum Gasteiger partial charge on any atom is 3.00 e. The number of aliphatic imine (C=N–C) groups is 2. The molecule has 2 atom stereocenters. The van der Waals surface area contributed by atoms with E-state index in [1.807, 2.05) is 32.0 Å². The maximum absolute atomic E-state index is 5.71. The number of ether oxygens (including phenoxy) is 4. The molecule has 0 aromatic carbocycles. The molecule has 0 fully saturated rings. The van der Waals surface area contributed by atoms with Crippen LogP contribution in [0.15, 0.2) is 28.2 Å². The summed E-state index contributed by atoms with van der Waals surface area (Å²) in [6.07, 6.45) is 0. The summed E-state index contributed by atoms with van der Waals surface area (Å²) in [5.41, 5.74) is 0.582. The Balaban J connectivity index is 0. The van der Waals surface area contributed by atoms with Crippen molar-refractivity contribution in [3.8, 4) is 0 Å². The third-order valence-corrected chi connectivity index (χ3v) is 3.88. The van der Waals surface area contributed by atoms with Gasteiger partial charge in [0.05, 0.1) is 13.2 Å². The first-order valence-electron chi connectivity index (χ1n) is 7.88. The summed E-state index contributed by atoms with van der Waals surface area (Å²) in [7, 11) is 3.31. The summed E-state index contributed by atoms with van der Waals surface area (Å²) in [5, 5.41) is 0. The first-order valence-corrected chi connectivity index (χ1v) is 7.88. The van der Waals surface area contributed by atoms with Crippen LogP contribution in [-0.2, 0) is 35.7 Å². The van der Waals surface area contributed by atoms with Gasteiger partial charge in [0, 0.05) is 14.2 Å². The van der Waals surface area contributed by atoms with Crippen molar-refractivity contribution >= 4 is 11.8 Å². The third-order valence-electron chi connectivity index (χ3n) is 3.88. The van der Waals surface area contributed by atoms with Crippen LogP contribution >= 0.6 is 0 Å². The van der Waals surface area contributed by atoms with Gasteiger partial charge in [0.1, 0.15) is 35.7 Å². The number of pyridine rings is 1. The van der Waals surface area contributed by atoms with Crippen LogP contribution < -0.4 is 37.2 Å². The molecule has 0 N–H and O–H groups in total. The minimum Gasteiger partial charge on any atom is -1.00 e. The zero-order chi connectivity index (χ0) is 17.2. The molecule has 0 bridgehead atoms. The average Bonchev–Trinajstić information content (AvgIpc) is 3.12. The third kappa shape index (κ3) is 6.72. The van der Waals surface area contributed by atoms with Gasteiger partial charge in [0.25, 0.3) is 0 Å². The van der Waals surface area contributed by atoms with Gasteiger partial charge in [-0.15, -0.1) is 0 Å². The number of methoxy groups -OCH3 is 2. The van der Waals surface area contributed by atoms with Gasteiger partial charge >= 0.3 is 16.8 Å². The smallest absolute Gasteiger partial charge is 1.00 e. The quantitative estimate of drug-likeness (QED) is 0.390. The first-order chi connectivity index (χ1) is 11.5. The van der Waals surface area contributed by atoms with E-state index < -0.39 is 0 Å². The summed E-state index contributed by atoms with van der Waals surface area (Å²) in [4.78, 5) is 13.8. The number of aromatic nitrogens is 1. The van der Waals surface area contributed by atoms with Crippen molar-refractivity contribution in [1.29, 1.82) is 0 Å². The molecule has 0 spiro atoms. The minimum absolute atomic E-state index is 0. The summed E-state index contributed by atoms with van der Waals surface area (Å²) in [5.74, 6) is 1.05. The SMILES string of the molecule is COCC1(C)COC(c2cccc(C3=NC(C)(COC)CO3)n2)=N1.[Cl-].[Cl-].[Cl-].[Co+3]. The van der Waals surface area contributed by atoms with Gasteiger partial charge in [-0.1, -0.05) is 6.07 Å². The fourth-order valence-electron chi connectivity index (χ4n) is 2.77.